The number of amides is 2. The van der Waals surface area contributed by atoms with Gasteiger partial charge in [0.25, 0.3) is 0 Å². The van der Waals surface area contributed by atoms with E-state index in [2.05, 4.69) is 69.7 Å². The molecule has 0 saturated carbocycles. The van der Waals surface area contributed by atoms with Crippen LogP contribution in [0.15, 0.2) is 78.9 Å². The standard InChI is InChI=1S/C28H31N3O2.ClH/c1-2-33-24-12-8-9-21(19-24)20-30-17-15-23(16-18-30)31-27(22-10-4-3-5-11-22)25-13-6-7-14-26(25)29-28(31)32;/h3-14,19,23,27H,2,15-18,20H2,1H3,(H,29,32);1H. The molecule has 3 aromatic rings. The Morgan fingerprint density at radius 2 is 1.68 bits per heavy atom. The highest BCUT2D eigenvalue weighted by atomic mass is 35.5. The summed E-state index contributed by atoms with van der Waals surface area (Å²) < 4.78 is 5.66. The first kappa shape index (κ1) is 24.1. The van der Waals surface area contributed by atoms with Crippen molar-refractivity contribution in [1.29, 1.82) is 0 Å². The number of para-hydroxylation sites is 1. The van der Waals surface area contributed by atoms with Crippen molar-refractivity contribution in [2.45, 2.75) is 38.4 Å². The van der Waals surface area contributed by atoms with Gasteiger partial charge < -0.3 is 15.0 Å². The largest absolute Gasteiger partial charge is 0.494 e. The number of nitrogens with one attached hydrogen (secondary N) is 1. The van der Waals surface area contributed by atoms with Gasteiger partial charge in [-0.2, -0.15) is 0 Å². The van der Waals surface area contributed by atoms with Crippen LogP contribution >= 0.6 is 12.4 Å². The number of carbonyl (C=O) groups is 1. The van der Waals surface area contributed by atoms with Crippen LogP contribution in [0.2, 0.25) is 0 Å². The number of carbonyl (C=O) groups excluding carboxylic acids is 1. The highest BCUT2D eigenvalue weighted by Crippen LogP contribution is 2.40. The van der Waals surface area contributed by atoms with Crippen molar-refractivity contribution in [3.8, 4) is 5.75 Å². The number of fused-ring (bicyclic) bond motifs is 1. The van der Waals surface area contributed by atoms with Crippen molar-refractivity contribution in [1.82, 2.24) is 9.80 Å². The molecule has 1 fully saturated rings. The quantitative estimate of drug-likeness (QED) is 0.466. The van der Waals surface area contributed by atoms with Crippen LogP contribution < -0.4 is 10.1 Å². The molecule has 3 aromatic carbocycles. The first-order chi connectivity index (χ1) is 16.2. The van der Waals surface area contributed by atoms with E-state index in [4.69, 9.17) is 4.74 Å². The lowest BCUT2D eigenvalue weighted by Crippen LogP contribution is -2.52. The van der Waals surface area contributed by atoms with Crippen molar-refractivity contribution in [2.75, 3.05) is 25.0 Å². The number of anilines is 1. The average molecular weight is 478 g/mol. The predicted octanol–water partition coefficient (Wildman–Crippen LogP) is 6.11. The topological polar surface area (TPSA) is 44.8 Å². The van der Waals surface area contributed by atoms with E-state index in [9.17, 15) is 4.79 Å². The zero-order valence-corrected chi connectivity index (χ0v) is 20.3. The fourth-order valence-corrected chi connectivity index (χ4v) is 5.16. The molecule has 0 radical (unpaired) electrons. The van der Waals surface area contributed by atoms with Gasteiger partial charge in [-0.3, -0.25) is 4.90 Å². The molecule has 0 aliphatic carbocycles. The van der Waals surface area contributed by atoms with E-state index < -0.39 is 0 Å². The molecule has 1 N–H and O–H groups in total. The molecular weight excluding hydrogens is 446 g/mol. The third kappa shape index (κ3) is 5.06. The number of nitrogens with zero attached hydrogens (tertiary/aromatic N) is 2. The Bertz CT molecular complexity index is 1100. The summed E-state index contributed by atoms with van der Waals surface area (Å²) in [7, 11) is 0. The van der Waals surface area contributed by atoms with Crippen molar-refractivity contribution in [3.63, 3.8) is 0 Å². The van der Waals surface area contributed by atoms with Crippen LogP contribution in [0.3, 0.4) is 0 Å². The number of piperidine rings is 1. The van der Waals surface area contributed by atoms with Gasteiger partial charge in [0, 0.05) is 36.9 Å². The zero-order valence-electron chi connectivity index (χ0n) is 19.5. The van der Waals surface area contributed by atoms with Gasteiger partial charge in [0.15, 0.2) is 0 Å². The zero-order chi connectivity index (χ0) is 22.6. The monoisotopic (exact) mass is 477 g/mol. The molecule has 0 spiro atoms. The van der Waals surface area contributed by atoms with Crippen molar-refractivity contribution < 1.29 is 9.53 Å². The Labute approximate surface area is 208 Å². The van der Waals surface area contributed by atoms with E-state index in [1.165, 1.54) is 11.1 Å². The van der Waals surface area contributed by atoms with Gasteiger partial charge >= 0.3 is 6.03 Å². The van der Waals surface area contributed by atoms with Crippen LogP contribution in [0.1, 0.15) is 42.5 Å². The molecule has 2 aliphatic heterocycles. The third-order valence-corrected chi connectivity index (χ3v) is 6.69. The molecule has 178 valence electrons. The minimum absolute atomic E-state index is 0. The summed E-state index contributed by atoms with van der Waals surface area (Å²) in [5.41, 5.74) is 4.51. The highest BCUT2D eigenvalue weighted by molar-refractivity contribution is 5.93. The van der Waals surface area contributed by atoms with Gasteiger partial charge in [-0.15, -0.1) is 12.4 Å². The van der Waals surface area contributed by atoms with Crippen LogP contribution in [0.4, 0.5) is 10.5 Å². The predicted molar refractivity (Wildman–Crippen MR) is 139 cm³/mol. The maximum absolute atomic E-state index is 13.3. The molecule has 2 heterocycles. The first-order valence-electron chi connectivity index (χ1n) is 11.9. The first-order valence-corrected chi connectivity index (χ1v) is 11.9. The molecule has 0 aromatic heterocycles. The molecule has 6 heteroatoms. The van der Waals surface area contributed by atoms with Crippen molar-refractivity contribution in [2.24, 2.45) is 0 Å². The Hall–Kier alpha value is -3.02. The number of urea groups is 1. The van der Waals surface area contributed by atoms with E-state index >= 15 is 0 Å². The van der Waals surface area contributed by atoms with Crippen LogP contribution in [-0.2, 0) is 6.54 Å². The van der Waals surface area contributed by atoms with E-state index in [-0.39, 0.29) is 30.5 Å². The fourth-order valence-electron chi connectivity index (χ4n) is 5.16. The summed E-state index contributed by atoms with van der Waals surface area (Å²) in [4.78, 5) is 17.9. The molecule has 1 atom stereocenters. The number of halogens is 1. The van der Waals surface area contributed by atoms with E-state index in [1.54, 1.807) is 0 Å². The minimum atomic E-state index is -0.0597. The van der Waals surface area contributed by atoms with Crippen molar-refractivity contribution >= 4 is 24.1 Å². The number of hydrogen-bond acceptors (Lipinski definition) is 3. The molecule has 5 nitrogen and oxygen atoms in total. The molecule has 2 amide bonds. The second-order valence-corrected chi connectivity index (χ2v) is 8.83. The molecule has 1 saturated heterocycles. The van der Waals surface area contributed by atoms with Gasteiger partial charge in [0.2, 0.25) is 0 Å². The van der Waals surface area contributed by atoms with E-state index in [0.29, 0.717) is 6.61 Å². The molecule has 1 unspecified atom stereocenters. The number of ether oxygens (including phenoxy) is 1. The fraction of sp³-hybridized carbons (Fsp3) is 0.321. The van der Waals surface area contributed by atoms with Gasteiger partial charge in [0.05, 0.1) is 12.6 Å². The van der Waals surface area contributed by atoms with Crippen molar-refractivity contribution in [3.05, 3.63) is 95.6 Å². The summed E-state index contributed by atoms with van der Waals surface area (Å²) in [6.45, 7) is 5.53. The number of rotatable bonds is 6. The molecule has 5 rings (SSSR count). The maximum Gasteiger partial charge on any atom is 0.322 e. The summed E-state index contributed by atoms with van der Waals surface area (Å²) in [5.74, 6) is 0.930. The maximum atomic E-state index is 13.3. The second kappa shape index (κ2) is 10.9. The van der Waals surface area contributed by atoms with Gasteiger partial charge in [-0.05, 0) is 49.1 Å². The van der Waals surface area contributed by atoms with Gasteiger partial charge in [-0.1, -0.05) is 60.7 Å². The molecule has 34 heavy (non-hydrogen) atoms. The summed E-state index contributed by atoms with van der Waals surface area (Å²) >= 11 is 0. The highest BCUT2D eigenvalue weighted by Gasteiger charge is 2.38. The number of likely N-dealkylation sites (tertiary alicyclic amines) is 1. The molecular formula is C28H32ClN3O2. The smallest absolute Gasteiger partial charge is 0.322 e. The Morgan fingerprint density at radius 1 is 0.941 bits per heavy atom. The third-order valence-electron chi connectivity index (χ3n) is 6.69. The van der Waals surface area contributed by atoms with Crippen LogP contribution in [0, 0.1) is 0 Å². The van der Waals surface area contributed by atoms with Gasteiger partial charge in [-0.25, -0.2) is 4.79 Å². The van der Waals surface area contributed by atoms with Crippen LogP contribution in [-0.4, -0.2) is 41.6 Å². The van der Waals surface area contributed by atoms with Crippen LogP contribution in [0.5, 0.6) is 5.75 Å². The number of hydrogen-bond donors (Lipinski definition) is 1. The summed E-state index contributed by atoms with van der Waals surface area (Å²) in [6.07, 6.45) is 1.92. The number of benzene rings is 3. The lowest BCUT2D eigenvalue weighted by molar-refractivity contribution is 0.105. The average Bonchev–Trinajstić information content (AvgIpc) is 2.85. The minimum Gasteiger partial charge on any atom is -0.494 e. The Balaban J connectivity index is 0.00000274. The molecule has 2 aliphatic rings. The Kier molecular flexibility index (Phi) is 7.76. The summed E-state index contributed by atoms with van der Waals surface area (Å²) in [5, 5.41) is 3.14. The Morgan fingerprint density at radius 3 is 2.44 bits per heavy atom. The second-order valence-electron chi connectivity index (χ2n) is 8.83. The molecule has 0 bridgehead atoms. The van der Waals surface area contributed by atoms with Crippen LogP contribution in [0.25, 0.3) is 0 Å². The lowest BCUT2D eigenvalue weighted by Gasteiger charge is -2.45. The lowest BCUT2D eigenvalue weighted by atomic mass is 9.90. The van der Waals surface area contributed by atoms with E-state index in [1.807, 2.05) is 31.2 Å². The summed E-state index contributed by atoms with van der Waals surface area (Å²) in [6, 6.07) is 27.1. The SMILES string of the molecule is CCOc1cccc(CN2CCC(N3C(=O)Nc4ccccc4C3c3ccccc3)CC2)c1.Cl. The van der Waals surface area contributed by atoms with Gasteiger partial charge in [0.1, 0.15) is 5.75 Å². The van der Waals surface area contributed by atoms with E-state index in [0.717, 1.165) is 49.5 Å². The normalized spacial score (nSPS) is 18.6.